The first kappa shape index (κ1) is 51.2. The van der Waals surface area contributed by atoms with E-state index in [1.165, 1.54) is 57.8 Å². The van der Waals surface area contributed by atoms with Crippen LogP contribution in [0.1, 0.15) is 168 Å². The highest BCUT2D eigenvalue weighted by Crippen LogP contribution is 2.43. The van der Waals surface area contributed by atoms with Crippen LogP contribution in [0.15, 0.2) is 36.6 Å². The average molecular weight is 800 g/mol. The van der Waals surface area contributed by atoms with Crippen LogP contribution in [0.2, 0.25) is 0 Å². The number of aliphatic hydroxyl groups is 2. The van der Waals surface area contributed by atoms with Crippen molar-refractivity contribution in [1.29, 1.82) is 0 Å². The molecule has 0 aromatic carbocycles. The Bertz CT molecular complexity index is 1100. The van der Waals surface area contributed by atoms with Gasteiger partial charge in [-0.2, -0.15) is 0 Å². The zero-order chi connectivity index (χ0) is 40.4. The van der Waals surface area contributed by atoms with Crippen LogP contribution in [0.4, 0.5) is 0 Å². The summed E-state index contributed by atoms with van der Waals surface area (Å²) >= 11 is 0. The highest BCUT2D eigenvalue weighted by Gasteiger charge is 2.39. The van der Waals surface area contributed by atoms with Gasteiger partial charge in [0.1, 0.15) is 12.4 Å². The number of hydrogen-bond donors (Lipinski definition) is 4. The molecule has 5 N–H and O–H groups in total. The molecule has 1 unspecified atom stereocenters. The molecule has 0 aliphatic heterocycles. The van der Waals surface area contributed by atoms with Crippen molar-refractivity contribution >= 4 is 19.6 Å². The Labute approximate surface area is 333 Å². The molecule has 11 nitrogen and oxygen atoms in total. The Kier molecular flexibility index (Phi) is 31.8. The number of aliphatic hydroxyl groups excluding tert-OH is 2. The Morgan fingerprint density at radius 3 is 2.11 bits per heavy atom. The molecule has 1 aliphatic rings. The minimum Gasteiger partial charge on any atom is -0.498 e. The van der Waals surface area contributed by atoms with Crippen molar-refractivity contribution in [3.05, 3.63) is 36.6 Å². The van der Waals surface area contributed by atoms with Crippen molar-refractivity contribution in [2.24, 2.45) is 17.6 Å². The Hall–Kier alpha value is -1.85. The maximum Gasteiger partial charge on any atom is 0.472 e. The van der Waals surface area contributed by atoms with Crippen LogP contribution in [-0.2, 0) is 32.7 Å². The summed E-state index contributed by atoms with van der Waals surface area (Å²) in [5.74, 6) is -0.950. The number of ether oxygens (including phenoxy) is 2. The molecular formula is C43H78NO10P. The van der Waals surface area contributed by atoms with Crippen LogP contribution in [0, 0.1) is 11.8 Å². The summed E-state index contributed by atoms with van der Waals surface area (Å²) in [6.07, 6.45) is 32.9. The number of rotatable bonds is 37. The minimum atomic E-state index is -4.36. The molecule has 0 spiro atoms. The van der Waals surface area contributed by atoms with Gasteiger partial charge in [-0.15, -0.1) is 0 Å². The number of phosphoric acid groups is 1. The third-order valence-electron chi connectivity index (χ3n) is 9.99. The molecule has 12 heteroatoms. The number of nitrogens with two attached hydrogens (primary N) is 1. The Morgan fingerprint density at radius 2 is 1.44 bits per heavy atom. The van der Waals surface area contributed by atoms with E-state index >= 15 is 0 Å². The standard InChI is InChI=1S/C43H78NO10P/c1-3-5-7-8-9-10-11-12-13-14-15-16-17-18-21-25-32-51-35-38(36-53-55(49,50)52-33-31-44)54-43(48)28-24-20-19-23-27-39-40(42(47)34-41(39)46)30-29-37(45)26-22-6-4-2/h12-13,25,29-30,32,37-40,42,45,47H,3-11,14-24,26-28,31,33-36,44H2,1-2H3,(H,49,50)/b13-12-,30-29+,32-25+/t37-,38+,39+,40+,42+/m0/s1. The summed E-state index contributed by atoms with van der Waals surface area (Å²) in [4.78, 5) is 35.2. The molecule has 0 aromatic rings. The number of unbranched alkanes of at least 4 members (excludes halogenated alkanes) is 16. The molecule has 6 atom stereocenters. The van der Waals surface area contributed by atoms with Gasteiger partial charge in [0, 0.05) is 31.2 Å². The van der Waals surface area contributed by atoms with E-state index in [1.807, 2.05) is 12.2 Å². The number of esters is 1. The number of phosphoric ester groups is 1. The lowest BCUT2D eigenvalue weighted by molar-refractivity contribution is -0.153. The maximum atomic E-state index is 12.7. The maximum absolute atomic E-state index is 12.7. The van der Waals surface area contributed by atoms with Gasteiger partial charge in [0.25, 0.3) is 0 Å². The predicted octanol–water partition coefficient (Wildman–Crippen LogP) is 9.57. The lowest BCUT2D eigenvalue weighted by Crippen LogP contribution is -2.27. The third kappa shape index (κ3) is 28.2. The lowest BCUT2D eigenvalue weighted by atomic mass is 9.88. The van der Waals surface area contributed by atoms with Crippen molar-refractivity contribution in [2.75, 3.05) is 26.4 Å². The first-order valence-electron chi connectivity index (χ1n) is 21.6. The molecule has 0 aromatic heterocycles. The van der Waals surface area contributed by atoms with Crippen molar-refractivity contribution in [2.45, 2.75) is 186 Å². The van der Waals surface area contributed by atoms with E-state index in [9.17, 15) is 29.3 Å². The average Bonchev–Trinajstić information content (AvgIpc) is 3.43. The molecule has 1 rings (SSSR count). The minimum absolute atomic E-state index is 0.0448. The van der Waals surface area contributed by atoms with E-state index in [2.05, 4.69) is 26.0 Å². The van der Waals surface area contributed by atoms with Crippen LogP contribution < -0.4 is 5.73 Å². The lowest BCUT2D eigenvalue weighted by Gasteiger charge is -2.19. The van der Waals surface area contributed by atoms with Crippen molar-refractivity contribution in [1.82, 2.24) is 0 Å². The highest BCUT2D eigenvalue weighted by atomic mass is 31.2. The topological polar surface area (TPSA) is 175 Å². The molecule has 320 valence electrons. The molecule has 1 fully saturated rings. The largest absolute Gasteiger partial charge is 0.498 e. The van der Waals surface area contributed by atoms with Gasteiger partial charge in [0.05, 0.1) is 31.7 Å². The summed E-state index contributed by atoms with van der Waals surface area (Å²) in [6, 6.07) is 0. The third-order valence-corrected chi connectivity index (χ3v) is 11.0. The molecular weight excluding hydrogens is 721 g/mol. The number of ketones is 1. The predicted molar refractivity (Wildman–Crippen MR) is 220 cm³/mol. The van der Waals surface area contributed by atoms with Crippen LogP contribution in [0.5, 0.6) is 0 Å². The molecule has 0 radical (unpaired) electrons. The normalized spacial score (nSPS) is 19.8. The zero-order valence-corrected chi connectivity index (χ0v) is 35.3. The second-order valence-corrected chi connectivity index (χ2v) is 16.5. The van der Waals surface area contributed by atoms with Gasteiger partial charge >= 0.3 is 13.8 Å². The van der Waals surface area contributed by atoms with Crippen LogP contribution >= 0.6 is 7.82 Å². The molecule has 1 aliphatic carbocycles. The van der Waals surface area contributed by atoms with E-state index in [1.54, 1.807) is 12.3 Å². The molecule has 0 saturated heterocycles. The number of carbonyl (C=O) groups is 2. The van der Waals surface area contributed by atoms with Gasteiger partial charge in [0.2, 0.25) is 0 Å². The van der Waals surface area contributed by atoms with Gasteiger partial charge in [-0.05, 0) is 63.9 Å². The van der Waals surface area contributed by atoms with E-state index in [4.69, 9.17) is 24.3 Å². The fourth-order valence-electron chi connectivity index (χ4n) is 6.73. The first-order valence-corrected chi connectivity index (χ1v) is 23.1. The van der Waals surface area contributed by atoms with Gasteiger partial charge in [-0.1, -0.05) is 122 Å². The highest BCUT2D eigenvalue weighted by molar-refractivity contribution is 7.47. The molecule has 55 heavy (non-hydrogen) atoms. The van der Waals surface area contributed by atoms with Crippen LogP contribution in [0.3, 0.4) is 0 Å². The summed E-state index contributed by atoms with van der Waals surface area (Å²) < 4.78 is 33.1. The Morgan fingerprint density at radius 1 is 0.836 bits per heavy atom. The van der Waals surface area contributed by atoms with Gasteiger partial charge < -0.3 is 30.3 Å². The van der Waals surface area contributed by atoms with Gasteiger partial charge in [0.15, 0.2) is 6.10 Å². The molecule has 0 amide bonds. The Balaban J connectivity index is 2.36. The smallest absolute Gasteiger partial charge is 0.472 e. The second kappa shape index (κ2) is 34.2. The van der Waals surface area contributed by atoms with E-state index in [-0.39, 0.29) is 56.8 Å². The van der Waals surface area contributed by atoms with E-state index in [0.717, 1.165) is 64.2 Å². The summed E-state index contributed by atoms with van der Waals surface area (Å²) in [5.41, 5.74) is 5.36. The summed E-state index contributed by atoms with van der Waals surface area (Å²) in [5, 5.41) is 20.7. The van der Waals surface area contributed by atoms with Crippen molar-refractivity contribution < 1.29 is 47.8 Å². The van der Waals surface area contributed by atoms with Crippen molar-refractivity contribution in [3.63, 3.8) is 0 Å². The molecule has 1 saturated carbocycles. The molecule has 0 bridgehead atoms. The van der Waals surface area contributed by atoms with Crippen LogP contribution in [-0.4, -0.2) is 71.5 Å². The fraction of sp³-hybridized carbons (Fsp3) is 0.814. The monoisotopic (exact) mass is 800 g/mol. The fourth-order valence-corrected chi connectivity index (χ4v) is 7.50. The number of Topliss-reactive ketones (excluding diaryl/α,β-unsaturated/α-hetero) is 1. The first-order chi connectivity index (χ1) is 26.6. The molecule has 0 heterocycles. The number of allylic oxidation sites excluding steroid dienone is 3. The quantitative estimate of drug-likeness (QED) is 0.0155. The number of hydrogen-bond acceptors (Lipinski definition) is 10. The van der Waals surface area contributed by atoms with Crippen LogP contribution in [0.25, 0.3) is 0 Å². The second-order valence-electron chi connectivity index (χ2n) is 15.0. The number of carbonyl (C=O) groups excluding carboxylic acids is 2. The van der Waals surface area contributed by atoms with E-state index < -0.39 is 32.1 Å². The summed E-state index contributed by atoms with van der Waals surface area (Å²) in [6.45, 7) is 3.84. The van der Waals surface area contributed by atoms with Gasteiger partial charge in [-0.25, -0.2) is 4.57 Å². The SMILES string of the molecule is CCCCCCCC/C=C\CCCCCC/C=C/OC[C@H](COP(=O)(O)OCCN)OC(=O)CCCCCC[C@H]1C(=O)C[C@@H](O)[C@@H]1/C=C/[C@@H](O)CCCCC. The van der Waals surface area contributed by atoms with Gasteiger partial charge in [-0.3, -0.25) is 18.6 Å². The van der Waals surface area contributed by atoms with E-state index in [0.29, 0.717) is 19.3 Å². The zero-order valence-electron chi connectivity index (χ0n) is 34.4. The van der Waals surface area contributed by atoms with Crippen molar-refractivity contribution in [3.8, 4) is 0 Å². The summed E-state index contributed by atoms with van der Waals surface area (Å²) in [7, 11) is -4.36.